The highest BCUT2D eigenvalue weighted by atomic mass is 35.5. The second-order valence-corrected chi connectivity index (χ2v) is 8.45. The van der Waals surface area contributed by atoms with Gasteiger partial charge in [0.25, 0.3) is 0 Å². The predicted molar refractivity (Wildman–Crippen MR) is 149 cm³/mol. The number of unbranched alkanes of at least 4 members (excludes halogenated alkanes) is 1. The van der Waals surface area contributed by atoms with Crippen molar-refractivity contribution in [1.82, 2.24) is 14.9 Å². The molecule has 1 saturated heterocycles. The number of aryl methyl sites for hydroxylation is 1. The number of fused-ring (bicyclic) bond motifs is 1. The van der Waals surface area contributed by atoms with Gasteiger partial charge in [-0.05, 0) is 43.0 Å². The summed E-state index contributed by atoms with van der Waals surface area (Å²) < 4.78 is 10.7. The molecule has 0 bridgehead atoms. The van der Waals surface area contributed by atoms with E-state index in [2.05, 4.69) is 9.88 Å². The van der Waals surface area contributed by atoms with Gasteiger partial charge in [0.2, 0.25) is 11.9 Å². The first-order chi connectivity index (χ1) is 16.5. The maximum absolute atomic E-state index is 12.7. The maximum Gasteiger partial charge on any atom is 0.228 e. The Hall–Kier alpha value is -3.17. The lowest BCUT2D eigenvalue weighted by Crippen LogP contribution is -2.49. The van der Waals surface area contributed by atoms with Gasteiger partial charge in [-0.2, -0.15) is 4.98 Å². The number of nitrogen functional groups attached to an aromatic ring is 2. The molecule has 0 atom stereocenters. The van der Waals surface area contributed by atoms with Crippen molar-refractivity contribution in [3.8, 4) is 11.5 Å². The number of nitrogens with two attached hydrogens (primary N) is 2. The van der Waals surface area contributed by atoms with Crippen LogP contribution in [0.5, 0.6) is 11.5 Å². The van der Waals surface area contributed by atoms with Crippen LogP contribution in [0.25, 0.3) is 10.9 Å². The number of hydrogen-bond donors (Lipinski definition) is 2. The van der Waals surface area contributed by atoms with Gasteiger partial charge in [-0.25, -0.2) is 4.98 Å². The van der Waals surface area contributed by atoms with Gasteiger partial charge < -0.3 is 30.7 Å². The molecular formula is C25H34Cl2N6O3. The molecule has 1 aliphatic heterocycles. The minimum Gasteiger partial charge on any atom is -0.493 e. The summed E-state index contributed by atoms with van der Waals surface area (Å²) in [6, 6.07) is 11.5. The number of ether oxygens (including phenoxy) is 2. The number of hydrogen-bond acceptors (Lipinski definition) is 8. The van der Waals surface area contributed by atoms with Crippen LogP contribution in [0, 0.1) is 0 Å². The molecule has 0 spiro atoms. The molecule has 11 heteroatoms. The molecule has 4 rings (SSSR count). The normalized spacial score (nSPS) is 13.1. The fourth-order valence-corrected chi connectivity index (χ4v) is 4.21. The van der Waals surface area contributed by atoms with E-state index in [-0.39, 0.29) is 30.7 Å². The Morgan fingerprint density at radius 1 is 0.917 bits per heavy atom. The number of aromatic nitrogens is 2. The van der Waals surface area contributed by atoms with Crippen LogP contribution in [0.2, 0.25) is 0 Å². The van der Waals surface area contributed by atoms with Crippen molar-refractivity contribution in [2.24, 2.45) is 0 Å². The number of benzene rings is 2. The van der Waals surface area contributed by atoms with Gasteiger partial charge in [0, 0.05) is 49.7 Å². The van der Waals surface area contributed by atoms with E-state index >= 15 is 0 Å². The summed E-state index contributed by atoms with van der Waals surface area (Å²) in [6.45, 7) is 2.61. The highest BCUT2D eigenvalue weighted by Crippen LogP contribution is 2.34. The van der Waals surface area contributed by atoms with Crippen molar-refractivity contribution in [2.45, 2.75) is 25.7 Å². The van der Waals surface area contributed by atoms with E-state index in [1.54, 1.807) is 26.4 Å². The van der Waals surface area contributed by atoms with Gasteiger partial charge in [-0.3, -0.25) is 4.79 Å². The van der Waals surface area contributed by atoms with E-state index in [9.17, 15) is 4.79 Å². The average molecular weight is 537 g/mol. The largest absolute Gasteiger partial charge is 0.493 e. The molecule has 0 saturated carbocycles. The molecule has 0 radical (unpaired) electrons. The monoisotopic (exact) mass is 536 g/mol. The first kappa shape index (κ1) is 29.1. The van der Waals surface area contributed by atoms with Crippen LogP contribution >= 0.6 is 24.8 Å². The summed E-state index contributed by atoms with van der Waals surface area (Å²) in [6.07, 6.45) is 3.38. The fraction of sp³-hybridized carbons (Fsp3) is 0.400. The third-order valence-electron chi connectivity index (χ3n) is 6.22. The molecule has 2 aromatic carbocycles. The molecule has 2 heterocycles. The molecular weight excluding hydrogens is 503 g/mol. The van der Waals surface area contributed by atoms with Gasteiger partial charge in [0.15, 0.2) is 11.5 Å². The third-order valence-corrected chi connectivity index (χ3v) is 6.22. The minimum absolute atomic E-state index is 0. The number of amides is 1. The molecule has 0 aliphatic carbocycles. The van der Waals surface area contributed by atoms with Crippen LogP contribution in [-0.2, 0) is 11.2 Å². The Kier molecular flexibility index (Phi) is 10.7. The summed E-state index contributed by atoms with van der Waals surface area (Å²) in [7, 11) is 3.17. The number of rotatable bonds is 8. The number of nitrogens with zero attached hydrogens (tertiary/aromatic N) is 4. The Labute approximate surface area is 224 Å². The zero-order valence-corrected chi connectivity index (χ0v) is 22.2. The van der Waals surface area contributed by atoms with E-state index in [0.717, 1.165) is 24.9 Å². The van der Waals surface area contributed by atoms with Gasteiger partial charge in [0.05, 0.1) is 19.7 Å². The molecule has 1 aromatic heterocycles. The van der Waals surface area contributed by atoms with Gasteiger partial charge >= 0.3 is 0 Å². The van der Waals surface area contributed by atoms with Crippen molar-refractivity contribution in [2.75, 3.05) is 56.8 Å². The maximum atomic E-state index is 12.7. The van der Waals surface area contributed by atoms with Crippen molar-refractivity contribution in [3.05, 3.63) is 42.0 Å². The summed E-state index contributed by atoms with van der Waals surface area (Å²) in [4.78, 5) is 25.9. The molecule has 9 nitrogen and oxygen atoms in total. The van der Waals surface area contributed by atoms with Crippen LogP contribution in [-0.4, -0.2) is 61.2 Å². The number of carbonyl (C=O) groups is 1. The van der Waals surface area contributed by atoms with E-state index in [4.69, 9.17) is 25.9 Å². The first-order valence-corrected chi connectivity index (χ1v) is 11.5. The average Bonchev–Trinajstić information content (AvgIpc) is 2.86. The number of methoxy groups -OCH3 is 2. The summed E-state index contributed by atoms with van der Waals surface area (Å²) in [5.41, 5.74) is 14.7. The van der Waals surface area contributed by atoms with E-state index in [1.165, 1.54) is 5.56 Å². The Balaban J connectivity index is 0.00000228. The Morgan fingerprint density at radius 2 is 1.56 bits per heavy atom. The summed E-state index contributed by atoms with van der Waals surface area (Å²) in [5, 5.41) is 0.717. The highest BCUT2D eigenvalue weighted by Gasteiger charge is 2.23. The van der Waals surface area contributed by atoms with Crippen molar-refractivity contribution < 1.29 is 14.3 Å². The molecule has 4 N–H and O–H groups in total. The van der Waals surface area contributed by atoms with Crippen molar-refractivity contribution in [3.63, 3.8) is 0 Å². The van der Waals surface area contributed by atoms with Crippen LogP contribution in [0.1, 0.15) is 24.8 Å². The molecule has 1 aliphatic rings. The molecule has 3 aromatic rings. The second-order valence-electron chi connectivity index (χ2n) is 8.45. The van der Waals surface area contributed by atoms with E-state index in [1.807, 2.05) is 29.2 Å². The zero-order valence-electron chi connectivity index (χ0n) is 20.6. The second kappa shape index (κ2) is 13.2. The number of anilines is 3. The molecule has 196 valence electrons. The van der Waals surface area contributed by atoms with Crippen LogP contribution < -0.4 is 25.8 Å². The summed E-state index contributed by atoms with van der Waals surface area (Å²) >= 11 is 0. The molecule has 36 heavy (non-hydrogen) atoms. The molecule has 0 unspecified atom stereocenters. The minimum atomic E-state index is 0. The predicted octanol–water partition coefficient (Wildman–Crippen LogP) is 3.72. The summed E-state index contributed by atoms with van der Waals surface area (Å²) in [5.74, 6) is 2.32. The number of carbonyl (C=O) groups excluding carboxylic acids is 1. The smallest absolute Gasteiger partial charge is 0.228 e. The lowest BCUT2D eigenvalue weighted by molar-refractivity contribution is -0.131. The highest BCUT2D eigenvalue weighted by molar-refractivity contribution is 5.91. The van der Waals surface area contributed by atoms with Gasteiger partial charge in [0.1, 0.15) is 5.82 Å². The van der Waals surface area contributed by atoms with Crippen LogP contribution in [0.15, 0.2) is 36.4 Å². The lowest BCUT2D eigenvalue weighted by atomic mass is 10.1. The third kappa shape index (κ3) is 6.73. The Morgan fingerprint density at radius 3 is 2.19 bits per heavy atom. The standard InChI is InChI=1S/C25H32N6O3.2ClH/c1-33-21-15-19-20(16-22(21)34-2)28-25(29-24(19)27)31-13-11-30(12-14-31)23(32)6-4-3-5-17-7-9-18(26)10-8-17;;/h7-10,15-16H,3-6,11-14,26H2,1-2H3,(H2,27,28,29);2*1H. The zero-order chi connectivity index (χ0) is 24.1. The van der Waals surface area contributed by atoms with Crippen LogP contribution in [0.3, 0.4) is 0 Å². The Bertz CT molecular complexity index is 1150. The van der Waals surface area contributed by atoms with E-state index in [0.29, 0.717) is 66.8 Å². The van der Waals surface area contributed by atoms with Gasteiger partial charge in [-0.15, -0.1) is 24.8 Å². The lowest BCUT2D eigenvalue weighted by Gasteiger charge is -2.35. The first-order valence-electron chi connectivity index (χ1n) is 11.5. The van der Waals surface area contributed by atoms with Crippen molar-refractivity contribution >= 4 is 59.1 Å². The SMILES string of the molecule is COc1cc2nc(N3CCN(C(=O)CCCCc4ccc(N)cc4)CC3)nc(N)c2cc1OC.Cl.Cl. The van der Waals surface area contributed by atoms with Crippen LogP contribution in [0.4, 0.5) is 17.5 Å². The fourth-order valence-electron chi connectivity index (χ4n) is 4.21. The number of piperazine rings is 1. The van der Waals surface area contributed by atoms with Crippen molar-refractivity contribution in [1.29, 1.82) is 0 Å². The molecule has 1 fully saturated rings. The quantitative estimate of drug-likeness (QED) is 0.330. The molecule has 1 amide bonds. The van der Waals surface area contributed by atoms with Gasteiger partial charge in [-0.1, -0.05) is 12.1 Å². The van der Waals surface area contributed by atoms with E-state index < -0.39 is 0 Å². The topological polar surface area (TPSA) is 120 Å². The number of halogens is 2.